The number of nitrogens with zero attached hydrogens (tertiary/aromatic N) is 2. The summed E-state index contributed by atoms with van der Waals surface area (Å²) in [4.78, 5) is 9.36. The topological polar surface area (TPSA) is 25.2 Å². The van der Waals surface area contributed by atoms with Gasteiger partial charge in [-0.05, 0) is 29.1 Å². The Morgan fingerprint density at radius 2 is 1.55 bits per heavy atom. The van der Waals surface area contributed by atoms with Crippen molar-refractivity contribution < 1.29 is 20.4 Å². The molecule has 1 heterocycles. The first-order valence-corrected chi connectivity index (χ1v) is 9.85. The zero-order valence-corrected chi connectivity index (χ0v) is 18.2. The smallest absolute Gasteiger partial charge is 0.304 e. The number of para-hydroxylation sites is 1. The molecule has 2 nitrogen and oxygen atoms in total. The van der Waals surface area contributed by atoms with Crippen LogP contribution in [-0.4, -0.2) is 11.2 Å². The summed E-state index contributed by atoms with van der Waals surface area (Å²) in [5.41, 5.74) is 5.79. The molecule has 0 saturated carbocycles. The number of aromatic nitrogens is 1. The molecule has 4 aromatic carbocycles. The van der Waals surface area contributed by atoms with Crippen LogP contribution in [0.3, 0.4) is 0 Å². The maximum Gasteiger partial charge on any atom is 2.00 e. The van der Waals surface area contributed by atoms with Crippen LogP contribution in [-0.2, 0) is 20.4 Å². The van der Waals surface area contributed by atoms with Gasteiger partial charge in [-0.1, -0.05) is 53.6 Å². The predicted octanol–water partition coefficient (Wildman–Crippen LogP) is 6.92. The minimum absolute atomic E-state index is 0. The molecule has 0 saturated heterocycles. The number of pyridine rings is 1. The van der Waals surface area contributed by atoms with Gasteiger partial charge in [0.1, 0.15) is 0 Å². The van der Waals surface area contributed by atoms with Crippen LogP contribution in [0.4, 0.5) is 5.69 Å². The molecule has 150 valence electrons. The van der Waals surface area contributed by atoms with Crippen molar-refractivity contribution in [2.45, 2.75) is 0 Å². The molecule has 0 aliphatic heterocycles. The van der Waals surface area contributed by atoms with Gasteiger partial charge in [0.2, 0.25) is 0 Å². The first kappa shape index (κ1) is 20.9. The maximum absolute atomic E-state index is 4.75. The van der Waals surface area contributed by atoms with Gasteiger partial charge in [-0.25, -0.2) is 0 Å². The van der Waals surface area contributed by atoms with Gasteiger partial charge in [0.05, 0.1) is 0 Å². The molecule has 0 aliphatic carbocycles. The van der Waals surface area contributed by atoms with E-state index in [-0.39, 0.29) is 20.4 Å². The van der Waals surface area contributed by atoms with Crippen molar-refractivity contribution in [3.8, 4) is 22.4 Å². The van der Waals surface area contributed by atoms with Crippen molar-refractivity contribution in [1.82, 2.24) is 4.98 Å². The van der Waals surface area contributed by atoms with Gasteiger partial charge in [-0.15, -0.1) is 65.7 Å². The number of rotatable bonds is 4. The number of benzene rings is 4. The normalized spacial score (nSPS) is 10.8. The number of aliphatic imine (C=N–C) groups is 1. The van der Waals surface area contributed by atoms with Gasteiger partial charge in [-0.2, -0.15) is 0 Å². The van der Waals surface area contributed by atoms with E-state index in [0.717, 1.165) is 39.0 Å². The summed E-state index contributed by atoms with van der Waals surface area (Å²) < 4.78 is 0. The van der Waals surface area contributed by atoms with Gasteiger partial charge in [0.25, 0.3) is 0 Å². The average Bonchev–Trinajstić information content (AvgIpc) is 2.83. The number of hydrogen-bond acceptors (Lipinski definition) is 2. The monoisotopic (exact) mass is 488 g/mol. The molecular formula is C28H18N2Pd. The van der Waals surface area contributed by atoms with Gasteiger partial charge in [0, 0.05) is 17.6 Å². The molecule has 0 fully saturated rings. The van der Waals surface area contributed by atoms with Crippen molar-refractivity contribution in [3.63, 3.8) is 0 Å². The molecule has 5 rings (SSSR count). The maximum atomic E-state index is 4.75. The van der Waals surface area contributed by atoms with E-state index in [9.17, 15) is 0 Å². The van der Waals surface area contributed by atoms with Crippen LogP contribution in [0, 0.1) is 12.1 Å². The van der Waals surface area contributed by atoms with Crippen LogP contribution >= 0.6 is 0 Å². The fraction of sp³-hybridized carbons (Fsp3) is 0. The number of fused-ring (bicyclic) bond motifs is 1. The van der Waals surface area contributed by atoms with Gasteiger partial charge in [0.15, 0.2) is 0 Å². The van der Waals surface area contributed by atoms with Crippen LogP contribution in [0.25, 0.3) is 33.2 Å². The summed E-state index contributed by atoms with van der Waals surface area (Å²) in [5, 5.41) is 2.29. The van der Waals surface area contributed by atoms with E-state index < -0.39 is 0 Å². The van der Waals surface area contributed by atoms with E-state index in [0.29, 0.717) is 0 Å². The van der Waals surface area contributed by atoms with E-state index >= 15 is 0 Å². The largest absolute Gasteiger partial charge is 2.00 e. The molecule has 0 spiro atoms. The Kier molecular flexibility index (Phi) is 6.48. The summed E-state index contributed by atoms with van der Waals surface area (Å²) in [7, 11) is 0. The van der Waals surface area contributed by atoms with Crippen molar-refractivity contribution in [1.29, 1.82) is 0 Å². The molecule has 3 heteroatoms. The van der Waals surface area contributed by atoms with E-state index in [1.165, 1.54) is 5.39 Å². The molecule has 0 N–H and O–H groups in total. The van der Waals surface area contributed by atoms with Gasteiger partial charge >= 0.3 is 20.4 Å². The molecule has 0 amide bonds. The summed E-state index contributed by atoms with van der Waals surface area (Å²) in [6.45, 7) is 0. The summed E-state index contributed by atoms with van der Waals surface area (Å²) in [5.74, 6) is 0. The molecular weight excluding hydrogens is 471 g/mol. The number of hydrogen-bond donors (Lipinski definition) is 0. The Morgan fingerprint density at radius 1 is 0.742 bits per heavy atom. The molecule has 1 aromatic heterocycles. The third kappa shape index (κ3) is 4.54. The van der Waals surface area contributed by atoms with E-state index in [2.05, 4.69) is 35.3 Å². The molecule has 0 bridgehead atoms. The van der Waals surface area contributed by atoms with Gasteiger partial charge in [-0.3, -0.25) is 4.98 Å². The SMILES string of the molecule is [Pd+2].[c-]1ccccc1-c1ccccc1N=Cc1[c-]c(-c2nccc3ccccc23)ccc1. The molecule has 0 unspecified atom stereocenters. The zero-order valence-electron chi connectivity index (χ0n) is 16.6. The molecule has 0 atom stereocenters. The minimum Gasteiger partial charge on any atom is -0.304 e. The van der Waals surface area contributed by atoms with Crippen molar-refractivity contribution in [3.05, 3.63) is 121 Å². The second kappa shape index (κ2) is 9.62. The first-order chi connectivity index (χ1) is 14.9. The third-order valence-electron chi connectivity index (χ3n) is 4.99. The van der Waals surface area contributed by atoms with Crippen LogP contribution in [0.2, 0.25) is 0 Å². The first-order valence-electron chi connectivity index (χ1n) is 9.85. The zero-order chi connectivity index (χ0) is 20.2. The summed E-state index contributed by atoms with van der Waals surface area (Å²) >= 11 is 0. The third-order valence-corrected chi connectivity index (χ3v) is 4.99. The average molecular weight is 489 g/mol. The molecule has 5 aromatic rings. The van der Waals surface area contributed by atoms with Crippen LogP contribution in [0.5, 0.6) is 0 Å². The molecule has 31 heavy (non-hydrogen) atoms. The molecule has 0 radical (unpaired) electrons. The van der Waals surface area contributed by atoms with E-state index in [1.54, 1.807) is 0 Å². The van der Waals surface area contributed by atoms with Crippen LogP contribution < -0.4 is 0 Å². The molecule has 0 aliphatic rings. The van der Waals surface area contributed by atoms with Gasteiger partial charge < -0.3 is 4.99 Å². The van der Waals surface area contributed by atoms with Crippen LogP contribution in [0.15, 0.2) is 108 Å². The standard InChI is InChI=1S/C28H18N2.Pd/c1-2-10-22(11-3-1)25-14-6-7-16-27(25)30-20-21-9-8-13-24(19-21)28-26-15-5-4-12-23(26)17-18-29-28;/h1-10,12-18,20H;/q-2;+2. The summed E-state index contributed by atoms with van der Waals surface area (Å²) in [6.07, 6.45) is 3.70. The summed E-state index contributed by atoms with van der Waals surface area (Å²) in [6, 6.07) is 39.2. The second-order valence-corrected chi connectivity index (χ2v) is 6.95. The Hall–Kier alpha value is -3.38. The Balaban J connectivity index is 0.00000231. The fourth-order valence-corrected chi connectivity index (χ4v) is 3.55. The Labute approximate surface area is 196 Å². The second-order valence-electron chi connectivity index (χ2n) is 6.95. The van der Waals surface area contributed by atoms with Crippen molar-refractivity contribution in [2.24, 2.45) is 4.99 Å². The van der Waals surface area contributed by atoms with E-state index in [4.69, 9.17) is 4.99 Å². The van der Waals surface area contributed by atoms with Crippen molar-refractivity contribution >= 4 is 22.7 Å². The Morgan fingerprint density at radius 3 is 2.45 bits per heavy atom. The van der Waals surface area contributed by atoms with Crippen LogP contribution in [0.1, 0.15) is 5.56 Å². The van der Waals surface area contributed by atoms with Crippen molar-refractivity contribution in [2.75, 3.05) is 0 Å². The quantitative estimate of drug-likeness (QED) is 0.153. The predicted molar refractivity (Wildman–Crippen MR) is 124 cm³/mol. The minimum atomic E-state index is 0. The van der Waals surface area contributed by atoms with E-state index in [1.807, 2.05) is 91.3 Å². The fourth-order valence-electron chi connectivity index (χ4n) is 3.55. The Bertz CT molecular complexity index is 1340.